The van der Waals surface area contributed by atoms with Crippen LogP contribution in [0.1, 0.15) is 36.2 Å². The fourth-order valence-electron chi connectivity index (χ4n) is 1.69. The Morgan fingerprint density at radius 1 is 1.40 bits per heavy atom. The molecule has 5 nitrogen and oxygen atoms in total. The van der Waals surface area contributed by atoms with E-state index in [4.69, 9.17) is 9.84 Å². The summed E-state index contributed by atoms with van der Waals surface area (Å²) in [6.45, 7) is 5.38. The monoisotopic (exact) mass is 279 g/mol. The molecule has 0 heterocycles. The Hall–Kier alpha value is -2.04. The van der Waals surface area contributed by atoms with Crippen LogP contribution in [0.25, 0.3) is 0 Å². The maximum Gasteiger partial charge on any atom is 0.311 e. The molecule has 1 aromatic rings. The van der Waals surface area contributed by atoms with E-state index in [0.717, 1.165) is 5.56 Å². The number of aryl methyl sites for hydroxylation is 1. The zero-order valence-corrected chi connectivity index (χ0v) is 12.3. The lowest BCUT2D eigenvalue weighted by atomic mass is 9.87. The zero-order chi connectivity index (χ0) is 15.3. The molecular formula is C15H21NO4. The number of benzene rings is 1. The minimum atomic E-state index is -0.954. The van der Waals surface area contributed by atoms with Crippen molar-refractivity contribution in [2.24, 2.45) is 5.41 Å². The SMILES string of the molecule is CCC(C)(CNC(=O)c1ccc(C)c(OC)c1)C(=O)O. The molecule has 0 saturated carbocycles. The minimum Gasteiger partial charge on any atom is -0.496 e. The molecule has 1 atom stereocenters. The fourth-order valence-corrected chi connectivity index (χ4v) is 1.69. The molecule has 1 rings (SSSR count). The number of aliphatic carboxylic acids is 1. The van der Waals surface area contributed by atoms with E-state index in [1.165, 1.54) is 0 Å². The summed E-state index contributed by atoms with van der Waals surface area (Å²) in [4.78, 5) is 23.2. The molecule has 0 aromatic heterocycles. The molecule has 0 radical (unpaired) electrons. The van der Waals surface area contributed by atoms with E-state index >= 15 is 0 Å². The standard InChI is InChI=1S/C15H21NO4/c1-5-15(3,14(18)19)9-16-13(17)11-7-6-10(2)12(8-11)20-4/h6-8H,5,9H2,1-4H3,(H,16,17)(H,18,19). The highest BCUT2D eigenvalue weighted by atomic mass is 16.5. The molecular weight excluding hydrogens is 258 g/mol. The molecule has 0 bridgehead atoms. The lowest BCUT2D eigenvalue weighted by Crippen LogP contribution is -2.40. The van der Waals surface area contributed by atoms with Crippen LogP contribution in [-0.4, -0.2) is 30.6 Å². The average Bonchev–Trinajstić information content (AvgIpc) is 2.44. The van der Waals surface area contributed by atoms with Gasteiger partial charge in [0.25, 0.3) is 5.91 Å². The molecule has 0 spiro atoms. The van der Waals surface area contributed by atoms with Crippen LogP contribution in [0.4, 0.5) is 0 Å². The van der Waals surface area contributed by atoms with Crippen molar-refractivity contribution in [2.45, 2.75) is 27.2 Å². The van der Waals surface area contributed by atoms with Gasteiger partial charge < -0.3 is 15.2 Å². The van der Waals surface area contributed by atoms with E-state index < -0.39 is 11.4 Å². The first-order valence-electron chi connectivity index (χ1n) is 6.50. The molecule has 0 aliphatic carbocycles. The van der Waals surface area contributed by atoms with Crippen LogP contribution >= 0.6 is 0 Å². The molecule has 20 heavy (non-hydrogen) atoms. The van der Waals surface area contributed by atoms with Gasteiger partial charge in [-0.25, -0.2) is 0 Å². The molecule has 0 aliphatic rings. The highest BCUT2D eigenvalue weighted by Crippen LogP contribution is 2.21. The van der Waals surface area contributed by atoms with Crippen LogP contribution in [0, 0.1) is 12.3 Å². The third-order valence-electron chi connectivity index (χ3n) is 3.61. The number of methoxy groups -OCH3 is 1. The van der Waals surface area contributed by atoms with Gasteiger partial charge in [0, 0.05) is 12.1 Å². The van der Waals surface area contributed by atoms with Gasteiger partial charge in [0.15, 0.2) is 0 Å². The molecule has 0 saturated heterocycles. The van der Waals surface area contributed by atoms with Crippen LogP contribution in [0.15, 0.2) is 18.2 Å². The van der Waals surface area contributed by atoms with Crippen molar-refractivity contribution >= 4 is 11.9 Å². The Bertz CT molecular complexity index is 513. The second-order valence-electron chi connectivity index (χ2n) is 5.09. The summed E-state index contributed by atoms with van der Waals surface area (Å²) in [5.41, 5.74) is 0.439. The van der Waals surface area contributed by atoms with Gasteiger partial charge in [-0.2, -0.15) is 0 Å². The number of carboxylic acids is 1. The molecule has 1 unspecified atom stereocenters. The lowest BCUT2D eigenvalue weighted by molar-refractivity contribution is -0.147. The molecule has 0 fully saturated rings. The number of rotatable bonds is 6. The molecule has 110 valence electrons. The van der Waals surface area contributed by atoms with Crippen LogP contribution in [0.2, 0.25) is 0 Å². The van der Waals surface area contributed by atoms with Crippen molar-refractivity contribution in [1.29, 1.82) is 0 Å². The van der Waals surface area contributed by atoms with Gasteiger partial charge in [0.05, 0.1) is 12.5 Å². The summed E-state index contributed by atoms with van der Waals surface area (Å²) in [7, 11) is 1.54. The Morgan fingerprint density at radius 3 is 2.55 bits per heavy atom. The maximum atomic E-state index is 12.0. The van der Waals surface area contributed by atoms with Crippen LogP contribution < -0.4 is 10.1 Å². The van der Waals surface area contributed by atoms with Gasteiger partial charge in [0.2, 0.25) is 0 Å². The second kappa shape index (κ2) is 6.41. The summed E-state index contributed by atoms with van der Waals surface area (Å²) < 4.78 is 5.17. The van der Waals surface area contributed by atoms with Crippen LogP contribution in [-0.2, 0) is 4.79 Å². The molecule has 2 N–H and O–H groups in total. The van der Waals surface area contributed by atoms with Crippen LogP contribution in [0.3, 0.4) is 0 Å². The zero-order valence-electron chi connectivity index (χ0n) is 12.3. The van der Waals surface area contributed by atoms with E-state index in [2.05, 4.69) is 5.32 Å². The normalized spacial score (nSPS) is 13.4. The first-order valence-corrected chi connectivity index (χ1v) is 6.50. The highest BCUT2D eigenvalue weighted by Gasteiger charge is 2.31. The van der Waals surface area contributed by atoms with Crippen molar-refractivity contribution in [3.63, 3.8) is 0 Å². The topological polar surface area (TPSA) is 75.6 Å². The fraction of sp³-hybridized carbons (Fsp3) is 0.467. The summed E-state index contributed by atoms with van der Waals surface area (Å²) in [6.07, 6.45) is 0.444. The van der Waals surface area contributed by atoms with Crippen molar-refractivity contribution in [1.82, 2.24) is 5.32 Å². The third-order valence-corrected chi connectivity index (χ3v) is 3.61. The van der Waals surface area contributed by atoms with Crippen molar-refractivity contribution < 1.29 is 19.4 Å². The van der Waals surface area contributed by atoms with Crippen LogP contribution in [0.5, 0.6) is 5.75 Å². The molecule has 1 aromatic carbocycles. The van der Waals surface area contributed by atoms with Gasteiger partial charge in [-0.3, -0.25) is 9.59 Å². The average molecular weight is 279 g/mol. The number of hydrogen-bond donors (Lipinski definition) is 2. The Kier molecular flexibility index (Phi) is 5.13. The predicted molar refractivity (Wildman–Crippen MR) is 76.1 cm³/mol. The molecule has 0 aliphatic heterocycles. The number of carbonyl (C=O) groups is 2. The molecule has 1 amide bonds. The number of carbonyl (C=O) groups excluding carboxylic acids is 1. The van der Waals surface area contributed by atoms with E-state index in [1.54, 1.807) is 39.2 Å². The number of amides is 1. The molecule has 5 heteroatoms. The summed E-state index contributed by atoms with van der Waals surface area (Å²) in [5.74, 6) is -0.583. The first kappa shape index (κ1) is 16.0. The van der Waals surface area contributed by atoms with E-state index in [1.807, 2.05) is 6.92 Å². The predicted octanol–water partition coefficient (Wildman–Crippen LogP) is 2.23. The van der Waals surface area contributed by atoms with Gasteiger partial charge in [-0.15, -0.1) is 0 Å². The van der Waals surface area contributed by atoms with Crippen molar-refractivity contribution in [2.75, 3.05) is 13.7 Å². The maximum absolute atomic E-state index is 12.0. The Labute approximate surface area is 118 Å². The first-order chi connectivity index (χ1) is 9.34. The lowest BCUT2D eigenvalue weighted by Gasteiger charge is -2.23. The Morgan fingerprint density at radius 2 is 2.05 bits per heavy atom. The van der Waals surface area contributed by atoms with Crippen molar-refractivity contribution in [3.8, 4) is 5.75 Å². The number of nitrogens with one attached hydrogen (secondary N) is 1. The minimum absolute atomic E-state index is 0.0911. The summed E-state index contributed by atoms with van der Waals surface area (Å²) >= 11 is 0. The van der Waals surface area contributed by atoms with Gasteiger partial charge >= 0.3 is 5.97 Å². The number of carboxylic acid groups (broad SMARTS) is 1. The highest BCUT2D eigenvalue weighted by molar-refractivity contribution is 5.95. The quantitative estimate of drug-likeness (QED) is 0.837. The van der Waals surface area contributed by atoms with Gasteiger partial charge in [0.1, 0.15) is 5.75 Å². The third kappa shape index (κ3) is 3.50. The summed E-state index contributed by atoms with van der Waals surface area (Å²) in [5, 5.41) is 11.8. The second-order valence-corrected chi connectivity index (χ2v) is 5.09. The summed E-state index contributed by atoms with van der Waals surface area (Å²) in [6, 6.07) is 5.13. The van der Waals surface area contributed by atoms with E-state index in [0.29, 0.717) is 17.7 Å². The van der Waals surface area contributed by atoms with Crippen molar-refractivity contribution in [3.05, 3.63) is 29.3 Å². The Balaban J connectivity index is 2.79. The van der Waals surface area contributed by atoms with E-state index in [9.17, 15) is 9.59 Å². The number of hydrogen-bond acceptors (Lipinski definition) is 3. The van der Waals surface area contributed by atoms with E-state index in [-0.39, 0.29) is 12.5 Å². The number of ether oxygens (including phenoxy) is 1. The van der Waals surface area contributed by atoms with Gasteiger partial charge in [-0.1, -0.05) is 13.0 Å². The smallest absolute Gasteiger partial charge is 0.311 e. The largest absolute Gasteiger partial charge is 0.496 e. The van der Waals surface area contributed by atoms with Gasteiger partial charge in [-0.05, 0) is 38.0 Å².